The summed E-state index contributed by atoms with van der Waals surface area (Å²) in [4.78, 5) is 41.8. The van der Waals surface area contributed by atoms with Crippen LogP contribution in [-0.4, -0.2) is 61.5 Å². The van der Waals surface area contributed by atoms with Crippen molar-refractivity contribution >= 4 is 23.8 Å². The van der Waals surface area contributed by atoms with Crippen LogP contribution in [0.1, 0.15) is 65.3 Å². The van der Waals surface area contributed by atoms with Crippen molar-refractivity contribution in [2.45, 2.75) is 54.0 Å². The van der Waals surface area contributed by atoms with Crippen LogP contribution in [0.25, 0.3) is 0 Å². The van der Waals surface area contributed by atoms with Crippen molar-refractivity contribution in [1.29, 1.82) is 0 Å². The lowest BCUT2D eigenvalue weighted by atomic mass is 9.79. The standard InChI is InChI=1S/C32H33N3O7S/c1-39-31(38)42-20-41-29-24(36)13-16-34-28(29)30(37)33-17-18-40-19-26(33)35(34)27-21-9-3-5-11-23(21)32(14-7-2-8-15-32)43-25-12-6-4-10-22(25)27/h3-6,9-13,16,26-27H,2,7-8,14-15,17-20H2,1H3. The van der Waals surface area contributed by atoms with E-state index in [1.165, 1.54) is 48.5 Å². The van der Waals surface area contributed by atoms with Crippen LogP contribution < -0.4 is 15.2 Å². The molecule has 0 radical (unpaired) electrons. The maximum atomic E-state index is 14.1. The van der Waals surface area contributed by atoms with Crippen LogP contribution in [0.5, 0.6) is 5.75 Å². The van der Waals surface area contributed by atoms with Crippen LogP contribution in [0.4, 0.5) is 4.79 Å². The van der Waals surface area contributed by atoms with E-state index >= 15 is 0 Å². The quantitative estimate of drug-likeness (QED) is 0.308. The fourth-order valence-electron chi connectivity index (χ4n) is 7.02. The summed E-state index contributed by atoms with van der Waals surface area (Å²) < 4.78 is 22.8. The molecule has 0 N–H and O–H groups in total. The third-order valence-corrected chi connectivity index (χ3v) is 10.5. The molecule has 1 amide bonds. The second kappa shape index (κ2) is 11.3. The Bertz CT molecular complexity index is 1620. The molecule has 224 valence electrons. The average Bonchev–Trinajstić information content (AvgIpc) is 3.15. The highest BCUT2D eigenvalue weighted by Crippen LogP contribution is 2.57. The molecule has 7 rings (SSSR count). The fraction of sp³-hybridized carbons (Fsp3) is 0.406. The molecule has 2 atom stereocenters. The molecule has 11 heteroatoms. The number of thioether (sulfide) groups is 1. The first kappa shape index (κ1) is 27.8. The zero-order valence-electron chi connectivity index (χ0n) is 23.9. The number of benzene rings is 2. The highest BCUT2D eigenvalue weighted by molar-refractivity contribution is 8.00. The van der Waals surface area contributed by atoms with E-state index in [1.54, 1.807) is 15.8 Å². The highest BCUT2D eigenvalue weighted by Gasteiger charge is 2.49. The number of hydrogen-bond acceptors (Lipinski definition) is 9. The SMILES string of the molecule is COC(=O)OCOc1c2n(ccc1=O)N(C1c3ccccc3SC3(CCCCC3)c3ccccc31)C1COCCN1C2=O. The molecule has 10 nitrogen and oxygen atoms in total. The van der Waals surface area contributed by atoms with Gasteiger partial charge in [0.25, 0.3) is 5.91 Å². The monoisotopic (exact) mass is 603 g/mol. The fourth-order valence-corrected chi connectivity index (χ4v) is 8.67. The molecular weight excluding hydrogens is 570 g/mol. The van der Waals surface area contributed by atoms with Crippen LogP contribution in [0, 0.1) is 0 Å². The van der Waals surface area contributed by atoms with Crippen LogP contribution in [0.15, 0.2) is 70.5 Å². The van der Waals surface area contributed by atoms with Gasteiger partial charge in [-0.2, -0.15) is 0 Å². The van der Waals surface area contributed by atoms with Crippen molar-refractivity contribution in [3.63, 3.8) is 0 Å². The number of ether oxygens (including phenoxy) is 4. The summed E-state index contributed by atoms with van der Waals surface area (Å²) in [5.41, 5.74) is 3.20. The second-order valence-electron chi connectivity index (χ2n) is 11.2. The zero-order valence-corrected chi connectivity index (χ0v) is 24.7. The van der Waals surface area contributed by atoms with Crippen molar-refractivity contribution in [2.75, 3.05) is 38.7 Å². The lowest BCUT2D eigenvalue weighted by Crippen LogP contribution is -2.66. The third-order valence-electron chi connectivity index (χ3n) is 8.89. The molecule has 43 heavy (non-hydrogen) atoms. The number of amides is 1. The minimum atomic E-state index is -0.952. The summed E-state index contributed by atoms with van der Waals surface area (Å²) >= 11 is 1.96. The van der Waals surface area contributed by atoms with Crippen molar-refractivity contribution in [2.24, 2.45) is 0 Å². The van der Waals surface area contributed by atoms with E-state index in [0.29, 0.717) is 19.8 Å². The van der Waals surface area contributed by atoms with Gasteiger partial charge in [-0.3, -0.25) is 19.3 Å². The van der Waals surface area contributed by atoms with Crippen molar-refractivity contribution < 1.29 is 28.5 Å². The number of rotatable bonds is 4. The van der Waals surface area contributed by atoms with Crippen molar-refractivity contribution in [1.82, 2.24) is 9.58 Å². The van der Waals surface area contributed by atoms with Gasteiger partial charge in [-0.1, -0.05) is 61.7 Å². The highest BCUT2D eigenvalue weighted by atomic mass is 32.2. The predicted octanol–water partition coefficient (Wildman–Crippen LogP) is 4.77. The Labute approximate surface area is 253 Å². The Morgan fingerprint density at radius 2 is 1.79 bits per heavy atom. The van der Waals surface area contributed by atoms with Gasteiger partial charge in [0.15, 0.2) is 5.69 Å². The largest absolute Gasteiger partial charge is 0.510 e. The normalized spacial score (nSPS) is 22.0. The maximum Gasteiger partial charge on any atom is 0.510 e. The summed E-state index contributed by atoms with van der Waals surface area (Å²) in [6, 6.07) is 18.3. The molecule has 1 saturated carbocycles. The summed E-state index contributed by atoms with van der Waals surface area (Å²) in [6.45, 7) is 0.465. The van der Waals surface area contributed by atoms with Gasteiger partial charge in [-0.15, -0.1) is 11.8 Å². The van der Waals surface area contributed by atoms with Gasteiger partial charge in [0.1, 0.15) is 6.17 Å². The van der Waals surface area contributed by atoms with Gasteiger partial charge in [0.05, 0.1) is 26.4 Å². The number of nitrogens with zero attached hydrogens (tertiary/aromatic N) is 3. The first-order valence-electron chi connectivity index (χ1n) is 14.7. The molecule has 3 aromatic rings. The molecule has 4 aliphatic rings. The summed E-state index contributed by atoms with van der Waals surface area (Å²) in [5, 5.41) is 2.16. The minimum absolute atomic E-state index is 0.0556. The molecular formula is C32H33N3O7S. The maximum absolute atomic E-state index is 14.1. The number of morpholine rings is 1. The summed E-state index contributed by atoms with van der Waals surface area (Å²) in [5.74, 6) is -0.525. The number of pyridine rings is 1. The molecule has 1 aliphatic carbocycles. The van der Waals surface area contributed by atoms with Gasteiger partial charge >= 0.3 is 6.16 Å². The van der Waals surface area contributed by atoms with Gasteiger partial charge in [0, 0.05) is 28.5 Å². The number of aromatic nitrogens is 1. The topological polar surface area (TPSA) is 99.5 Å². The van der Waals surface area contributed by atoms with Crippen molar-refractivity contribution in [3.8, 4) is 5.75 Å². The van der Waals surface area contributed by atoms with Gasteiger partial charge in [-0.05, 0) is 35.6 Å². The van der Waals surface area contributed by atoms with Crippen LogP contribution >= 0.6 is 11.8 Å². The van der Waals surface area contributed by atoms with E-state index in [0.717, 1.165) is 18.4 Å². The minimum Gasteiger partial charge on any atom is -0.451 e. The number of carbonyl (C=O) groups excluding carboxylic acids is 2. The van der Waals surface area contributed by atoms with E-state index in [-0.39, 0.29) is 28.1 Å². The Hall–Kier alpha value is -3.96. The molecule has 1 spiro atoms. The Balaban J connectivity index is 1.44. The number of methoxy groups -OCH3 is 1. The van der Waals surface area contributed by atoms with Gasteiger partial charge in [-0.25, -0.2) is 4.79 Å². The lowest BCUT2D eigenvalue weighted by molar-refractivity contribution is -0.0209. The van der Waals surface area contributed by atoms with E-state index in [1.807, 2.05) is 11.8 Å². The second-order valence-corrected chi connectivity index (χ2v) is 12.6. The zero-order chi connectivity index (χ0) is 29.6. The van der Waals surface area contributed by atoms with E-state index < -0.39 is 24.5 Å². The van der Waals surface area contributed by atoms with Crippen molar-refractivity contribution in [3.05, 3.63) is 93.4 Å². The van der Waals surface area contributed by atoms with Gasteiger partial charge < -0.3 is 23.8 Å². The molecule has 3 aliphatic heterocycles. The molecule has 2 fully saturated rings. The van der Waals surface area contributed by atoms with Crippen LogP contribution in [0.3, 0.4) is 0 Å². The van der Waals surface area contributed by atoms with E-state index in [2.05, 4.69) is 58.3 Å². The van der Waals surface area contributed by atoms with Crippen LogP contribution in [0.2, 0.25) is 0 Å². The molecule has 2 aromatic carbocycles. The molecule has 1 saturated heterocycles. The molecule has 0 bridgehead atoms. The third kappa shape index (κ3) is 4.65. The van der Waals surface area contributed by atoms with Crippen LogP contribution in [-0.2, 0) is 19.0 Å². The molecule has 1 aromatic heterocycles. The predicted molar refractivity (Wildman–Crippen MR) is 159 cm³/mol. The first-order chi connectivity index (χ1) is 21.0. The number of fused-ring (bicyclic) bond motifs is 5. The number of carbonyl (C=O) groups is 2. The lowest BCUT2D eigenvalue weighted by Gasteiger charge is -2.51. The Morgan fingerprint density at radius 3 is 2.60 bits per heavy atom. The summed E-state index contributed by atoms with van der Waals surface area (Å²) in [7, 11) is 1.18. The Morgan fingerprint density at radius 1 is 1.02 bits per heavy atom. The van der Waals surface area contributed by atoms with Gasteiger partial charge in [0.2, 0.25) is 18.0 Å². The summed E-state index contributed by atoms with van der Waals surface area (Å²) in [6.07, 6.45) is 6.02. The smallest absolute Gasteiger partial charge is 0.451 e. The van der Waals surface area contributed by atoms with E-state index in [9.17, 15) is 14.4 Å². The number of hydrogen-bond donors (Lipinski definition) is 0. The van der Waals surface area contributed by atoms with E-state index in [4.69, 9.17) is 14.2 Å². The molecule has 2 unspecified atom stereocenters. The average molecular weight is 604 g/mol. The molecule has 4 heterocycles. The Kier molecular flexibility index (Phi) is 7.30. The first-order valence-corrected chi connectivity index (χ1v) is 15.5.